The Morgan fingerprint density at radius 2 is 2.28 bits per heavy atom. The number of fused-ring (bicyclic) bond motifs is 1. The average molecular weight is 269 g/mol. The molecule has 2 atom stereocenters. The minimum absolute atomic E-state index is 0. The minimum atomic E-state index is -0.736. The van der Waals surface area contributed by atoms with Crippen LogP contribution in [0.4, 0.5) is 5.82 Å². The zero-order chi connectivity index (χ0) is 12.6. The molecule has 7 heteroatoms. The molecule has 0 unspecified atom stereocenters. The zero-order valence-corrected chi connectivity index (χ0v) is 10.8. The first-order valence-corrected chi connectivity index (χ1v) is 5.14. The van der Waals surface area contributed by atoms with E-state index in [0.29, 0.717) is 17.1 Å². The number of amides is 1. The SMILES string of the molecule is C[C@H]1Oc2cc(C#N)cnc2N(C)C(=O)[C@H]1N.Cl. The molecule has 6 nitrogen and oxygen atoms in total. The van der Waals surface area contributed by atoms with E-state index in [1.165, 1.54) is 11.1 Å². The van der Waals surface area contributed by atoms with Gasteiger partial charge in [0, 0.05) is 19.3 Å². The van der Waals surface area contributed by atoms with Crippen LogP contribution in [0, 0.1) is 11.3 Å². The van der Waals surface area contributed by atoms with Gasteiger partial charge >= 0.3 is 0 Å². The lowest BCUT2D eigenvalue weighted by Crippen LogP contribution is -2.48. The van der Waals surface area contributed by atoms with Gasteiger partial charge in [0.05, 0.1) is 5.56 Å². The molecule has 1 aromatic rings. The van der Waals surface area contributed by atoms with Crippen molar-refractivity contribution in [2.45, 2.75) is 19.1 Å². The van der Waals surface area contributed by atoms with Gasteiger partial charge in [-0.1, -0.05) is 0 Å². The quantitative estimate of drug-likeness (QED) is 0.737. The summed E-state index contributed by atoms with van der Waals surface area (Å²) < 4.78 is 5.55. The van der Waals surface area contributed by atoms with Crippen LogP contribution in [-0.2, 0) is 4.79 Å². The van der Waals surface area contributed by atoms with E-state index in [0.717, 1.165) is 0 Å². The van der Waals surface area contributed by atoms with Crippen LogP contribution in [0.2, 0.25) is 0 Å². The maximum atomic E-state index is 11.9. The molecule has 0 saturated carbocycles. The molecule has 2 heterocycles. The number of nitrogens with zero attached hydrogens (tertiary/aromatic N) is 3. The van der Waals surface area contributed by atoms with Crippen LogP contribution in [0.25, 0.3) is 0 Å². The molecule has 96 valence electrons. The fourth-order valence-electron chi connectivity index (χ4n) is 1.64. The molecule has 0 aliphatic carbocycles. The molecule has 1 amide bonds. The summed E-state index contributed by atoms with van der Waals surface area (Å²) in [6.07, 6.45) is 0.940. The fraction of sp³-hybridized carbons (Fsp3) is 0.364. The van der Waals surface area contributed by atoms with Crippen LogP contribution < -0.4 is 15.4 Å². The molecule has 0 bridgehead atoms. The summed E-state index contributed by atoms with van der Waals surface area (Å²) in [6.45, 7) is 1.71. The number of hydrogen-bond donors (Lipinski definition) is 1. The van der Waals surface area contributed by atoms with Crippen molar-refractivity contribution in [3.8, 4) is 11.8 Å². The summed E-state index contributed by atoms with van der Waals surface area (Å²) in [5.41, 5.74) is 6.13. The van der Waals surface area contributed by atoms with Gasteiger partial charge in [-0.25, -0.2) is 4.98 Å². The number of hydrogen-bond acceptors (Lipinski definition) is 5. The van der Waals surface area contributed by atoms with Crippen molar-refractivity contribution < 1.29 is 9.53 Å². The summed E-state index contributed by atoms with van der Waals surface area (Å²) in [7, 11) is 1.58. The van der Waals surface area contributed by atoms with E-state index in [1.54, 1.807) is 20.0 Å². The molecule has 1 aromatic heterocycles. The van der Waals surface area contributed by atoms with Crippen LogP contribution in [0.3, 0.4) is 0 Å². The molecule has 1 aliphatic heterocycles. The van der Waals surface area contributed by atoms with Crippen molar-refractivity contribution >= 4 is 24.1 Å². The first-order valence-electron chi connectivity index (χ1n) is 5.14. The smallest absolute Gasteiger partial charge is 0.248 e. The first-order chi connectivity index (χ1) is 8.04. The lowest BCUT2D eigenvalue weighted by atomic mass is 10.2. The predicted octanol–water partition coefficient (Wildman–Crippen LogP) is 0.446. The maximum Gasteiger partial charge on any atom is 0.248 e. The van der Waals surface area contributed by atoms with Gasteiger partial charge in [-0.2, -0.15) is 5.26 Å². The summed E-state index contributed by atoms with van der Waals surface area (Å²) in [5.74, 6) is 0.530. The Kier molecular flexibility index (Phi) is 4.11. The maximum absolute atomic E-state index is 11.9. The van der Waals surface area contributed by atoms with Gasteiger partial charge in [-0.15, -0.1) is 12.4 Å². The minimum Gasteiger partial charge on any atom is -0.485 e. The highest BCUT2D eigenvalue weighted by molar-refractivity contribution is 5.98. The van der Waals surface area contributed by atoms with E-state index in [9.17, 15) is 4.79 Å². The fourth-order valence-corrected chi connectivity index (χ4v) is 1.64. The lowest BCUT2D eigenvalue weighted by molar-refractivity contribution is -0.120. The molecule has 1 aliphatic rings. The Morgan fingerprint density at radius 1 is 1.61 bits per heavy atom. The number of carbonyl (C=O) groups is 1. The number of nitriles is 1. The third kappa shape index (κ3) is 2.23. The van der Waals surface area contributed by atoms with Gasteiger partial charge in [0.1, 0.15) is 18.2 Å². The molecule has 0 saturated heterocycles. The van der Waals surface area contributed by atoms with Gasteiger partial charge in [-0.05, 0) is 6.92 Å². The van der Waals surface area contributed by atoms with E-state index in [-0.39, 0.29) is 18.3 Å². The van der Waals surface area contributed by atoms with E-state index >= 15 is 0 Å². The summed E-state index contributed by atoms with van der Waals surface area (Å²) in [4.78, 5) is 17.3. The Morgan fingerprint density at radius 3 is 2.89 bits per heavy atom. The number of rotatable bonds is 0. The Labute approximate surface area is 111 Å². The second kappa shape index (κ2) is 5.21. The molecule has 2 N–H and O–H groups in total. The van der Waals surface area contributed by atoms with E-state index in [1.807, 2.05) is 6.07 Å². The number of ether oxygens (including phenoxy) is 1. The normalized spacial score (nSPS) is 22.1. The summed E-state index contributed by atoms with van der Waals surface area (Å²) in [6, 6.07) is 2.79. The topological polar surface area (TPSA) is 92.2 Å². The van der Waals surface area contributed by atoms with Gasteiger partial charge in [0.2, 0.25) is 5.91 Å². The number of likely N-dealkylation sites (N-methyl/N-ethyl adjacent to an activating group) is 1. The van der Waals surface area contributed by atoms with Crippen LogP contribution >= 0.6 is 12.4 Å². The number of nitrogens with two attached hydrogens (primary N) is 1. The van der Waals surface area contributed by atoms with Crippen molar-refractivity contribution in [2.75, 3.05) is 11.9 Å². The molecule has 0 spiro atoms. The highest BCUT2D eigenvalue weighted by atomic mass is 35.5. The molecular weight excluding hydrogens is 256 g/mol. The largest absolute Gasteiger partial charge is 0.485 e. The lowest BCUT2D eigenvalue weighted by Gasteiger charge is -2.17. The molecule has 0 fully saturated rings. The molecular formula is C11H13ClN4O2. The first kappa shape index (κ1) is 14.2. The van der Waals surface area contributed by atoms with Crippen molar-refractivity contribution in [3.63, 3.8) is 0 Å². The van der Waals surface area contributed by atoms with Crippen LogP contribution in [0.5, 0.6) is 5.75 Å². The van der Waals surface area contributed by atoms with E-state index < -0.39 is 12.1 Å². The molecule has 0 radical (unpaired) electrons. The van der Waals surface area contributed by atoms with Crippen LogP contribution in [0.1, 0.15) is 12.5 Å². The van der Waals surface area contributed by atoms with Crippen LogP contribution in [-0.4, -0.2) is 30.1 Å². The highest BCUT2D eigenvalue weighted by Gasteiger charge is 2.32. The number of aromatic nitrogens is 1. The summed E-state index contributed by atoms with van der Waals surface area (Å²) in [5, 5.41) is 8.79. The third-order valence-electron chi connectivity index (χ3n) is 2.71. The standard InChI is InChI=1S/C11H12N4O2.ClH/c1-6-9(13)11(16)15(2)10-8(17-6)3-7(4-12)5-14-10;/h3,5-6,9H,13H2,1-2H3;1H/t6-,9+;/m1./s1. The van der Waals surface area contributed by atoms with E-state index in [2.05, 4.69) is 4.98 Å². The van der Waals surface area contributed by atoms with Crippen molar-refractivity contribution in [1.29, 1.82) is 5.26 Å². The van der Waals surface area contributed by atoms with Gasteiger partial charge < -0.3 is 10.5 Å². The molecule has 18 heavy (non-hydrogen) atoms. The number of carbonyl (C=O) groups excluding carboxylic acids is 1. The molecule has 0 aromatic carbocycles. The monoisotopic (exact) mass is 268 g/mol. The third-order valence-corrected chi connectivity index (χ3v) is 2.71. The highest BCUT2D eigenvalue weighted by Crippen LogP contribution is 2.30. The van der Waals surface area contributed by atoms with Gasteiger partial charge in [0.15, 0.2) is 11.6 Å². The average Bonchev–Trinajstić information content (AvgIpc) is 2.42. The Balaban J connectivity index is 0.00000162. The van der Waals surface area contributed by atoms with Crippen LogP contribution in [0.15, 0.2) is 12.3 Å². The van der Waals surface area contributed by atoms with Gasteiger partial charge in [0.25, 0.3) is 0 Å². The second-order valence-corrected chi connectivity index (χ2v) is 3.90. The molecule has 2 rings (SSSR count). The number of pyridine rings is 1. The summed E-state index contributed by atoms with van der Waals surface area (Å²) >= 11 is 0. The number of anilines is 1. The second-order valence-electron chi connectivity index (χ2n) is 3.90. The number of halogens is 1. The van der Waals surface area contributed by atoms with Crippen molar-refractivity contribution in [2.24, 2.45) is 5.73 Å². The van der Waals surface area contributed by atoms with Gasteiger partial charge in [-0.3, -0.25) is 9.69 Å². The zero-order valence-electron chi connectivity index (χ0n) is 9.95. The predicted molar refractivity (Wildman–Crippen MR) is 67.7 cm³/mol. The Bertz CT molecular complexity index is 514. The van der Waals surface area contributed by atoms with E-state index in [4.69, 9.17) is 15.7 Å². The van der Waals surface area contributed by atoms with Crippen molar-refractivity contribution in [1.82, 2.24) is 4.98 Å². The Hall–Kier alpha value is -1.84. The van der Waals surface area contributed by atoms with Crippen molar-refractivity contribution in [3.05, 3.63) is 17.8 Å².